The molecular formula is C14H12F2N2O3S2. The molecule has 2 rings (SSSR count). The van der Waals surface area contributed by atoms with Crippen LogP contribution in [0.25, 0.3) is 0 Å². The Hall–Kier alpha value is -2.00. The molecule has 1 amide bonds. The summed E-state index contributed by atoms with van der Waals surface area (Å²) in [6.07, 6.45) is 1.61. The molecule has 0 saturated heterocycles. The van der Waals surface area contributed by atoms with Gasteiger partial charge in [0.2, 0.25) is 15.7 Å². The number of rotatable bonds is 6. The minimum Gasteiger partial charge on any atom is -0.325 e. The minimum atomic E-state index is -4.63. The Balaban J connectivity index is 1.94. The number of hydrogen-bond acceptors (Lipinski definition) is 5. The van der Waals surface area contributed by atoms with E-state index in [-0.39, 0.29) is 11.7 Å². The molecule has 0 bridgehead atoms. The number of hydrogen-bond donors (Lipinski definition) is 1. The lowest BCUT2D eigenvalue weighted by Gasteiger charge is -2.07. The van der Waals surface area contributed by atoms with Crippen LogP contribution in [0.2, 0.25) is 0 Å². The second kappa shape index (κ2) is 7.51. The molecule has 0 aliphatic rings. The summed E-state index contributed by atoms with van der Waals surface area (Å²) in [5.74, 6) is -3.67. The predicted octanol–water partition coefficient (Wildman–Crippen LogP) is 2.81. The van der Waals surface area contributed by atoms with Crippen LogP contribution in [0.1, 0.15) is 0 Å². The van der Waals surface area contributed by atoms with Gasteiger partial charge in [-0.25, -0.2) is 13.4 Å². The molecule has 0 aliphatic heterocycles. The summed E-state index contributed by atoms with van der Waals surface area (Å²) in [5, 5.41) is 3.25. The first-order valence-corrected chi connectivity index (χ1v) is 8.88. The first-order valence-electron chi connectivity index (χ1n) is 6.35. The third kappa shape index (κ3) is 4.73. The Morgan fingerprint density at radius 3 is 2.43 bits per heavy atom. The highest BCUT2D eigenvalue weighted by Crippen LogP contribution is 2.20. The fourth-order valence-electron chi connectivity index (χ4n) is 1.60. The van der Waals surface area contributed by atoms with Crippen LogP contribution in [-0.2, 0) is 14.6 Å². The van der Waals surface area contributed by atoms with Crippen molar-refractivity contribution in [2.45, 2.75) is 15.7 Å². The Bertz CT molecular complexity index is 766. The summed E-state index contributed by atoms with van der Waals surface area (Å²) < 4.78 is 47.4. The summed E-state index contributed by atoms with van der Waals surface area (Å²) in [6, 6.07) is 9.92. The lowest BCUT2D eigenvalue weighted by molar-refractivity contribution is -0.113. The molecule has 23 heavy (non-hydrogen) atoms. The van der Waals surface area contributed by atoms with E-state index in [0.717, 1.165) is 12.1 Å². The zero-order valence-corrected chi connectivity index (χ0v) is 13.3. The smallest absolute Gasteiger partial charge is 0.325 e. The van der Waals surface area contributed by atoms with Gasteiger partial charge in [0.1, 0.15) is 0 Å². The van der Waals surface area contributed by atoms with Gasteiger partial charge < -0.3 is 5.32 Å². The fraction of sp³-hybridized carbons (Fsp3) is 0.143. The van der Waals surface area contributed by atoms with Gasteiger partial charge in [-0.05, 0) is 36.4 Å². The number of benzene rings is 1. The lowest BCUT2D eigenvalue weighted by atomic mass is 10.3. The molecule has 0 spiro atoms. The highest BCUT2D eigenvalue weighted by atomic mass is 32.2. The van der Waals surface area contributed by atoms with E-state index in [4.69, 9.17) is 0 Å². The zero-order valence-electron chi connectivity index (χ0n) is 11.6. The van der Waals surface area contributed by atoms with Crippen LogP contribution in [0.3, 0.4) is 0 Å². The van der Waals surface area contributed by atoms with Gasteiger partial charge in [0.05, 0.1) is 15.7 Å². The molecule has 1 heterocycles. The largest absolute Gasteiger partial charge is 0.341 e. The molecule has 0 unspecified atom stereocenters. The van der Waals surface area contributed by atoms with Crippen molar-refractivity contribution in [2.24, 2.45) is 0 Å². The molecule has 1 aromatic carbocycles. The van der Waals surface area contributed by atoms with Crippen LogP contribution in [0.4, 0.5) is 14.5 Å². The Morgan fingerprint density at radius 2 is 1.87 bits per heavy atom. The van der Waals surface area contributed by atoms with Crippen molar-refractivity contribution >= 4 is 33.2 Å². The summed E-state index contributed by atoms with van der Waals surface area (Å²) in [6.45, 7) is 0. The van der Waals surface area contributed by atoms with E-state index in [1.807, 2.05) is 0 Å². The van der Waals surface area contributed by atoms with Gasteiger partial charge in [-0.15, -0.1) is 0 Å². The number of aromatic nitrogens is 1. The van der Waals surface area contributed by atoms with Crippen molar-refractivity contribution in [3.8, 4) is 0 Å². The summed E-state index contributed by atoms with van der Waals surface area (Å²) in [5.41, 5.74) is 0.324. The van der Waals surface area contributed by atoms with E-state index in [1.54, 1.807) is 24.4 Å². The first kappa shape index (κ1) is 17.4. The number of anilines is 1. The highest BCUT2D eigenvalue weighted by Gasteiger charge is 2.26. The molecule has 5 nitrogen and oxygen atoms in total. The summed E-state index contributed by atoms with van der Waals surface area (Å²) in [4.78, 5) is 15.3. The van der Waals surface area contributed by atoms with Crippen molar-refractivity contribution in [1.29, 1.82) is 0 Å². The Labute approximate surface area is 136 Å². The van der Waals surface area contributed by atoms with E-state index < -0.39 is 20.5 Å². The van der Waals surface area contributed by atoms with Gasteiger partial charge in [-0.2, -0.15) is 8.78 Å². The van der Waals surface area contributed by atoms with Crippen molar-refractivity contribution in [3.05, 3.63) is 48.7 Å². The van der Waals surface area contributed by atoms with E-state index >= 15 is 0 Å². The number of alkyl halides is 2. The third-order valence-electron chi connectivity index (χ3n) is 2.69. The molecule has 1 aromatic heterocycles. The predicted molar refractivity (Wildman–Crippen MR) is 83.2 cm³/mol. The van der Waals surface area contributed by atoms with Gasteiger partial charge in [0, 0.05) is 11.9 Å². The van der Waals surface area contributed by atoms with E-state index in [9.17, 15) is 22.0 Å². The number of carbonyl (C=O) groups is 1. The van der Waals surface area contributed by atoms with Crippen molar-refractivity contribution in [3.63, 3.8) is 0 Å². The second-order valence-corrected chi connectivity index (χ2v) is 7.25. The number of amides is 1. The summed E-state index contributed by atoms with van der Waals surface area (Å²) >= 11 is 1.24. The quantitative estimate of drug-likeness (QED) is 0.804. The second-order valence-electron chi connectivity index (χ2n) is 4.33. The molecule has 9 heteroatoms. The topological polar surface area (TPSA) is 76.1 Å². The SMILES string of the molecule is O=C(CSc1ccccn1)Nc1ccc(S(=O)(=O)C(F)F)cc1. The van der Waals surface area contributed by atoms with Crippen molar-refractivity contribution < 1.29 is 22.0 Å². The number of thioether (sulfide) groups is 1. The Morgan fingerprint density at radius 1 is 1.17 bits per heavy atom. The van der Waals surface area contributed by atoms with Crippen LogP contribution in [0, 0.1) is 0 Å². The van der Waals surface area contributed by atoms with Crippen LogP contribution in [-0.4, -0.2) is 30.8 Å². The number of carbonyl (C=O) groups excluding carboxylic acids is 1. The molecule has 0 atom stereocenters. The van der Waals surface area contributed by atoms with Crippen LogP contribution in [0.5, 0.6) is 0 Å². The first-order chi connectivity index (χ1) is 10.9. The maximum Gasteiger partial charge on any atom is 0.341 e. The molecule has 1 N–H and O–H groups in total. The van der Waals surface area contributed by atoms with E-state index in [2.05, 4.69) is 10.3 Å². The average molecular weight is 358 g/mol. The standard InChI is InChI=1S/C14H12F2N2O3S2/c15-14(16)23(20,21)11-6-4-10(5-7-11)18-12(19)9-22-13-3-1-2-8-17-13/h1-8,14H,9H2,(H,18,19). The monoisotopic (exact) mass is 358 g/mol. The zero-order chi connectivity index (χ0) is 16.9. The lowest BCUT2D eigenvalue weighted by Crippen LogP contribution is -2.15. The van der Waals surface area contributed by atoms with Gasteiger partial charge in [0.15, 0.2) is 0 Å². The molecule has 0 fully saturated rings. The third-order valence-corrected chi connectivity index (χ3v) is 5.03. The molecule has 122 valence electrons. The highest BCUT2D eigenvalue weighted by molar-refractivity contribution is 7.99. The van der Waals surface area contributed by atoms with Gasteiger partial charge in [0.25, 0.3) is 0 Å². The van der Waals surface area contributed by atoms with E-state index in [1.165, 1.54) is 23.9 Å². The molecule has 0 radical (unpaired) electrons. The van der Waals surface area contributed by atoms with Crippen LogP contribution in [0.15, 0.2) is 58.6 Å². The number of sulfone groups is 1. The maximum absolute atomic E-state index is 12.4. The molecule has 0 aliphatic carbocycles. The van der Waals surface area contributed by atoms with Crippen molar-refractivity contribution in [1.82, 2.24) is 4.98 Å². The maximum atomic E-state index is 12.4. The average Bonchev–Trinajstić information content (AvgIpc) is 2.54. The number of pyridine rings is 1. The Kier molecular flexibility index (Phi) is 5.67. The van der Waals surface area contributed by atoms with E-state index in [0.29, 0.717) is 10.7 Å². The molecular weight excluding hydrogens is 346 g/mol. The number of halogens is 2. The molecule has 2 aromatic rings. The normalized spacial score (nSPS) is 11.4. The van der Waals surface area contributed by atoms with Gasteiger partial charge in [-0.1, -0.05) is 17.8 Å². The van der Waals surface area contributed by atoms with Crippen molar-refractivity contribution in [2.75, 3.05) is 11.1 Å². The summed E-state index contributed by atoms with van der Waals surface area (Å²) in [7, 11) is -4.63. The number of nitrogens with zero attached hydrogens (tertiary/aromatic N) is 1. The van der Waals surface area contributed by atoms with Crippen LogP contribution < -0.4 is 5.32 Å². The van der Waals surface area contributed by atoms with Gasteiger partial charge >= 0.3 is 5.76 Å². The number of nitrogens with one attached hydrogen (secondary N) is 1. The molecule has 0 saturated carbocycles. The van der Waals surface area contributed by atoms with Gasteiger partial charge in [-0.3, -0.25) is 4.79 Å². The van der Waals surface area contributed by atoms with Crippen LogP contribution >= 0.6 is 11.8 Å². The minimum absolute atomic E-state index is 0.119. The fourth-order valence-corrected chi connectivity index (χ4v) is 2.98.